The van der Waals surface area contributed by atoms with E-state index in [1.54, 1.807) is 21.8 Å². The van der Waals surface area contributed by atoms with Crippen molar-refractivity contribution in [1.82, 2.24) is 29.5 Å². The lowest BCUT2D eigenvalue weighted by molar-refractivity contribution is -0.193. The number of fused-ring (bicyclic) bond motifs is 1. The summed E-state index contributed by atoms with van der Waals surface area (Å²) in [4.78, 5) is 44.9. The van der Waals surface area contributed by atoms with Crippen LogP contribution in [0.25, 0.3) is 16.8 Å². The van der Waals surface area contributed by atoms with Crippen LogP contribution in [-0.4, -0.2) is 89.6 Å². The van der Waals surface area contributed by atoms with Gasteiger partial charge in [0.25, 0.3) is 0 Å². The van der Waals surface area contributed by atoms with Gasteiger partial charge in [-0.25, -0.2) is 23.5 Å². The van der Waals surface area contributed by atoms with E-state index in [2.05, 4.69) is 20.1 Å². The maximum Gasteiger partial charge on any atom is 0.490 e. The van der Waals surface area contributed by atoms with Crippen molar-refractivity contribution in [2.45, 2.75) is 24.9 Å². The van der Waals surface area contributed by atoms with Gasteiger partial charge < -0.3 is 19.8 Å². The van der Waals surface area contributed by atoms with Gasteiger partial charge in [-0.05, 0) is 30.3 Å². The number of morpholine rings is 1. The molecule has 1 amide bonds. The minimum Gasteiger partial charge on any atom is -0.475 e. The highest BCUT2D eigenvalue weighted by Crippen LogP contribution is 2.23. The first-order valence-corrected chi connectivity index (χ1v) is 12.4. The summed E-state index contributed by atoms with van der Waals surface area (Å²) in [5.74, 6) is -5.50. The molecule has 1 atom stereocenters. The summed E-state index contributed by atoms with van der Waals surface area (Å²) in [7, 11) is 0. The molecule has 0 aromatic carbocycles. The molecule has 0 radical (unpaired) electrons. The van der Waals surface area contributed by atoms with Crippen LogP contribution in [0.4, 0.5) is 30.7 Å². The zero-order chi connectivity index (χ0) is 33.4. The summed E-state index contributed by atoms with van der Waals surface area (Å²) < 4.78 is 84.1. The smallest absolute Gasteiger partial charge is 0.475 e. The number of hydrogen-bond donors (Lipinski definition) is 2. The maximum atomic E-state index is 13.0. The lowest BCUT2D eigenvalue weighted by atomic mass is 10.1. The van der Waals surface area contributed by atoms with Crippen molar-refractivity contribution < 1.29 is 60.1 Å². The maximum absolute atomic E-state index is 13.0. The second kappa shape index (κ2) is 14.5. The first-order chi connectivity index (χ1) is 21.0. The quantitative estimate of drug-likeness (QED) is 0.313. The van der Waals surface area contributed by atoms with Crippen LogP contribution < -0.4 is 0 Å². The Morgan fingerprint density at radius 2 is 1.60 bits per heavy atom. The number of halogens is 7. The van der Waals surface area contributed by atoms with E-state index in [4.69, 9.17) is 24.5 Å². The molecule has 1 fully saturated rings. The first kappa shape index (κ1) is 34.3. The zero-order valence-corrected chi connectivity index (χ0v) is 22.5. The van der Waals surface area contributed by atoms with Crippen LogP contribution in [0, 0.1) is 5.82 Å². The van der Waals surface area contributed by atoms with E-state index < -0.39 is 36.2 Å². The van der Waals surface area contributed by atoms with Crippen LogP contribution in [0.15, 0.2) is 61.2 Å². The third-order valence-electron chi connectivity index (χ3n) is 5.66. The second-order valence-corrected chi connectivity index (χ2v) is 8.88. The van der Waals surface area contributed by atoms with E-state index in [1.165, 1.54) is 12.1 Å². The number of alkyl halides is 6. The molecule has 1 aliphatic heterocycles. The Hall–Kier alpha value is -5.20. The van der Waals surface area contributed by atoms with Gasteiger partial charge in [-0.15, -0.1) is 5.10 Å². The average molecular weight is 646 g/mol. The van der Waals surface area contributed by atoms with Gasteiger partial charge in [-0.1, -0.05) is 6.07 Å². The Kier molecular flexibility index (Phi) is 11.1. The van der Waals surface area contributed by atoms with Gasteiger partial charge in [0.15, 0.2) is 11.5 Å². The summed E-state index contributed by atoms with van der Waals surface area (Å²) in [6, 6.07) is 10.6. The topological polar surface area (TPSA) is 160 Å². The lowest BCUT2D eigenvalue weighted by Crippen LogP contribution is -2.43. The number of carboxylic acids is 2. The van der Waals surface area contributed by atoms with Crippen LogP contribution in [0.3, 0.4) is 0 Å². The number of amides is 1. The number of aromatic nitrogens is 5. The van der Waals surface area contributed by atoms with E-state index in [1.807, 2.05) is 30.5 Å². The Bertz CT molecular complexity index is 1590. The third kappa shape index (κ3) is 10.2. The molecule has 4 aromatic heterocycles. The van der Waals surface area contributed by atoms with Crippen molar-refractivity contribution in [2.75, 3.05) is 19.7 Å². The Morgan fingerprint density at radius 3 is 2.16 bits per heavy atom. The molecule has 12 nitrogen and oxygen atoms in total. The molecular weight excluding hydrogens is 625 g/mol. The Morgan fingerprint density at radius 1 is 0.933 bits per heavy atom. The highest BCUT2D eigenvalue weighted by Gasteiger charge is 2.39. The van der Waals surface area contributed by atoms with Crippen molar-refractivity contribution in [1.29, 1.82) is 0 Å². The van der Waals surface area contributed by atoms with Crippen molar-refractivity contribution >= 4 is 23.5 Å². The molecule has 0 saturated carbocycles. The summed E-state index contributed by atoms with van der Waals surface area (Å²) in [5, 5.41) is 18.8. The first-order valence-electron chi connectivity index (χ1n) is 12.4. The third-order valence-corrected chi connectivity index (χ3v) is 5.66. The molecule has 5 heterocycles. The number of pyridine rings is 3. The molecule has 240 valence electrons. The van der Waals surface area contributed by atoms with Crippen LogP contribution in [0.5, 0.6) is 0 Å². The zero-order valence-electron chi connectivity index (χ0n) is 22.5. The van der Waals surface area contributed by atoms with E-state index in [0.29, 0.717) is 36.9 Å². The van der Waals surface area contributed by atoms with Crippen molar-refractivity contribution in [3.8, 4) is 11.1 Å². The molecule has 45 heavy (non-hydrogen) atoms. The highest BCUT2D eigenvalue weighted by molar-refractivity contribution is 5.78. The van der Waals surface area contributed by atoms with Crippen LogP contribution in [-0.2, 0) is 25.5 Å². The molecule has 5 rings (SSSR count). The number of ether oxygens (including phenoxy) is 1. The van der Waals surface area contributed by atoms with Crippen molar-refractivity contribution in [3.05, 3.63) is 78.5 Å². The number of rotatable bonds is 4. The minimum absolute atomic E-state index is 0.0879. The van der Waals surface area contributed by atoms with Gasteiger partial charge in [-0.2, -0.15) is 26.3 Å². The van der Waals surface area contributed by atoms with Crippen LogP contribution in [0.2, 0.25) is 0 Å². The van der Waals surface area contributed by atoms with Crippen molar-refractivity contribution in [2.24, 2.45) is 0 Å². The van der Waals surface area contributed by atoms with E-state index in [-0.39, 0.29) is 12.3 Å². The SMILES string of the molecule is O=C(Cc1ccc(F)cn1)N1CCOC(c2nc3ccc(-c4cccnc4)cn3n2)C1.O=C(O)C(F)(F)F.O=C(O)C(F)(F)F. The van der Waals surface area contributed by atoms with Gasteiger partial charge in [0, 0.05) is 42.0 Å². The van der Waals surface area contributed by atoms with Gasteiger partial charge in [0.05, 0.1) is 25.8 Å². The largest absolute Gasteiger partial charge is 0.490 e. The van der Waals surface area contributed by atoms with Gasteiger partial charge in [0.1, 0.15) is 11.9 Å². The molecular formula is C26H21F7N6O6. The normalized spacial score (nSPS) is 14.9. The fourth-order valence-electron chi connectivity index (χ4n) is 3.55. The molecule has 0 bridgehead atoms. The molecule has 1 saturated heterocycles. The lowest BCUT2D eigenvalue weighted by Gasteiger charge is -2.31. The van der Waals surface area contributed by atoms with Crippen LogP contribution >= 0.6 is 0 Å². The van der Waals surface area contributed by atoms with Gasteiger partial charge in [0.2, 0.25) is 5.91 Å². The van der Waals surface area contributed by atoms with E-state index in [0.717, 1.165) is 17.3 Å². The van der Waals surface area contributed by atoms with E-state index >= 15 is 0 Å². The predicted molar refractivity (Wildman–Crippen MR) is 137 cm³/mol. The number of aliphatic carboxylic acids is 2. The fourth-order valence-corrected chi connectivity index (χ4v) is 3.55. The molecule has 0 aliphatic carbocycles. The fraction of sp³-hybridized carbons (Fsp3) is 0.269. The number of hydrogen-bond acceptors (Lipinski definition) is 8. The van der Waals surface area contributed by atoms with Gasteiger partial charge in [-0.3, -0.25) is 14.8 Å². The van der Waals surface area contributed by atoms with Gasteiger partial charge >= 0.3 is 24.3 Å². The van der Waals surface area contributed by atoms with Crippen molar-refractivity contribution in [3.63, 3.8) is 0 Å². The highest BCUT2D eigenvalue weighted by atomic mass is 19.4. The minimum atomic E-state index is -5.08. The molecule has 4 aromatic rings. The molecule has 0 spiro atoms. The number of carboxylic acid groups (broad SMARTS) is 2. The molecule has 1 aliphatic rings. The van der Waals surface area contributed by atoms with E-state index in [9.17, 15) is 35.5 Å². The predicted octanol–water partition coefficient (Wildman–Crippen LogP) is 3.73. The number of carbonyl (C=O) groups is 3. The summed E-state index contributed by atoms with van der Waals surface area (Å²) in [6.45, 7) is 1.23. The average Bonchev–Trinajstić information content (AvgIpc) is 3.42. The monoisotopic (exact) mass is 646 g/mol. The summed E-state index contributed by atoms with van der Waals surface area (Å²) in [5.41, 5.74) is 3.19. The molecule has 19 heteroatoms. The summed E-state index contributed by atoms with van der Waals surface area (Å²) >= 11 is 0. The standard InChI is InChI=1S/C22H19FN6O2.2C2HF3O2/c23-17-4-5-18(25-12-17)10-21(30)28-8-9-31-19(14-28)22-26-20-6-3-16(13-29(20)27-22)15-2-1-7-24-11-15;2*3-2(4,5)1(6)7/h1-7,11-13,19H,8-10,14H2;2*(H,6,7). The molecule has 1 unspecified atom stereocenters. The molecule has 2 N–H and O–H groups in total. The number of nitrogens with zero attached hydrogens (tertiary/aromatic N) is 6. The summed E-state index contributed by atoms with van der Waals surface area (Å²) in [6.07, 6.45) is -3.93. The second-order valence-electron chi connectivity index (χ2n) is 8.88. The Labute approximate surface area is 247 Å². The number of carbonyl (C=O) groups excluding carboxylic acids is 1. The Balaban J connectivity index is 0.000000331. The van der Waals surface area contributed by atoms with Crippen LogP contribution in [0.1, 0.15) is 17.6 Å².